The van der Waals surface area contributed by atoms with E-state index in [2.05, 4.69) is 4.98 Å². The lowest BCUT2D eigenvalue weighted by atomic mass is 10.0. The van der Waals surface area contributed by atoms with Crippen LogP contribution in [0.25, 0.3) is 22.2 Å². The Morgan fingerprint density at radius 3 is 2.62 bits per heavy atom. The molecule has 166 valence electrons. The lowest BCUT2D eigenvalue weighted by Crippen LogP contribution is -2.55. The van der Waals surface area contributed by atoms with Gasteiger partial charge in [0.2, 0.25) is 0 Å². The summed E-state index contributed by atoms with van der Waals surface area (Å²) < 4.78 is 0. The molecule has 2 amide bonds. The molecule has 1 saturated heterocycles. The van der Waals surface area contributed by atoms with Gasteiger partial charge in [0.15, 0.2) is 0 Å². The number of amides is 2. The van der Waals surface area contributed by atoms with Crippen LogP contribution in [0, 0.1) is 0 Å². The van der Waals surface area contributed by atoms with E-state index in [1.807, 2.05) is 0 Å². The molecular formula is C23H22ClN3O5. The molecule has 4 rings (SSSR count). The maximum Gasteiger partial charge on any atom is 0.407 e. The SMILES string of the molecule is CC1CN(C(=O)c2ccc3c(Cl)cc(-c4ccc(O)c(CO)c4)nc3c2)CCN1C(=O)O. The number of aliphatic hydroxyl groups is 1. The van der Waals surface area contributed by atoms with Crippen molar-refractivity contribution in [2.45, 2.75) is 19.6 Å². The van der Waals surface area contributed by atoms with Crippen LogP contribution in [0.2, 0.25) is 5.02 Å². The van der Waals surface area contributed by atoms with E-state index < -0.39 is 6.09 Å². The first-order chi connectivity index (χ1) is 15.3. The van der Waals surface area contributed by atoms with Gasteiger partial charge in [-0.3, -0.25) is 4.79 Å². The topological polar surface area (TPSA) is 114 Å². The standard InChI is InChI=1S/C23H22ClN3O5/c1-13-11-26(6-7-27(13)23(31)32)22(30)15-2-4-17-18(24)10-19(25-20(17)9-15)14-3-5-21(29)16(8-14)12-28/h2-5,8-10,13,28-29H,6-7,11-12H2,1H3,(H,31,32). The number of piperazine rings is 1. The molecular weight excluding hydrogens is 434 g/mol. The van der Waals surface area contributed by atoms with E-state index >= 15 is 0 Å². The number of aromatic nitrogens is 1. The van der Waals surface area contributed by atoms with Gasteiger partial charge >= 0.3 is 6.09 Å². The maximum atomic E-state index is 13.1. The van der Waals surface area contributed by atoms with Crippen molar-refractivity contribution >= 4 is 34.5 Å². The molecule has 8 nitrogen and oxygen atoms in total. The minimum atomic E-state index is -0.986. The first-order valence-corrected chi connectivity index (χ1v) is 10.5. The van der Waals surface area contributed by atoms with Crippen molar-refractivity contribution in [2.75, 3.05) is 19.6 Å². The Morgan fingerprint density at radius 1 is 1.16 bits per heavy atom. The number of carbonyl (C=O) groups excluding carboxylic acids is 1. The highest BCUT2D eigenvalue weighted by Gasteiger charge is 2.30. The second-order valence-electron chi connectivity index (χ2n) is 7.80. The number of pyridine rings is 1. The van der Waals surface area contributed by atoms with Crippen LogP contribution in [0.15, 0.2) is 42.5 Å². The Kier molecular flexibility index (Phi) is 5.90. The van der Waals surface area contributed by atoms with Gasteiger partial charge in [0.1, 0.15) is 5.75 Å². The molecule has 32 heavy (non-hydrogen) atoms. The summed E-state index contributed by atoms with van der Waals surface area (Å²) in [6.07, 6.45) is -0.986. The van der Waals surface area contributed by atoms with E-state index in [1.54, 1.807) is 48.2 Å². The molecule has 3 N–H and O–H groups in total. The van der Waals surface area contributed by atoms with Crippen LogP contribution in [-0.4, -0.2) is 67.8 Å². The number of hydrogen-bond acceptors (Lipinski definition) is 5. The van der Waals surface area contributed by atoms with E-state index in [0.717, 1.165) is 0 Å². The normalized spacial score (nSPS) is 16.4. The van der Waals surface area contributed by atoms with Crippen molar-refractivity contribution < 1.29 is 24.9 Å². The molecule has 2 aromatic carbocycles. The van der Waals surface area contributed by atoms with Crippen LogP contribution in [-0.2, 0) is 6.61 Å². The summed E-state index contributed by atoms with van der Waals surface area (Å²) >= 11 is 6.47. The molecule has 1 unspecified atom stereocenters. The van der Waals surface area contributed by atoms with Gasteiger partial charge in [-0.1, -0.05) is 17.7 Å². The Morgan fingerprint density at radius 2 is 1.94 bits per heavy atom. The zero-order valence-electron chi connectivity index (χ0n) is 17.3. The first kappa shape index (κ1) is 21.9. The summed E-state index contributed by atoms with van der Waals surface area (Å²) in [4.78, 5) is 32.0. The zero-order valence-corrected chi connectivity index (χ0v) is 18.1. The largest absolute Gasteiger partial charge is 0.508 e. The number of phenols is 1. The summed E-state index contributed by atoms with van der Waals surface area (Å²) in [5, 5.41) is 29.6. The Balaban J connectivity index is 1.66. The molecule has 1 atom stereocenters. The molecule has 9 heteroatoms. The first-order valence-electron chi connectivity index (χ1n) is 10.1. The highest BCUT2D eigenvalue weighted by molar-refractivity contribution is 6.35. The molecule has 0 saturated carbocycles. The number of benzene rings is 2. The predicted octanol–water partition coefficient (Wildman–Crippen LogP) is 3.58. The average molecular weight is 456 g/mol. The number of carboxylic acid groups (broad SMARTS) is 1. The van der Waals surface area contributed by atoms with Crippen molar-refractivity contribution in [2.24, 2.45) is 0 Å². The predicted molar refractivity (Wildman–Crippen MR) is 120 cm³/mol. The molecule has 2 heterocycles. The van der Waals surface area contributed by atoms with Gasteiger partial charge in [0.05, 0.1) is 22.8 Å². The molecule has 1 fully saturated rings. The molecule has 1 aromatic heterocycles. The third-order valence-electron chi connectivity index (χ3n) is 5.71. The Labute approximate surface area is 189 Å². The molecule has 0 radical (unpaired) electrons. The molecule has 3 aromatic rings. The lowest BCUT2D eigenvalue weighted by Gasteiger charge is -2.38. The Hall–Kier alpha value is -3.36. The minimum Gasteiger partial charge on any atom is -0.508 e. The van der Waals surface area contributed by atoms with Crippen LogP contribution in [0.1, 0.15) is 22.8 Å². The summed E-state index contributed by atoms with van der Waals surface area (Å²) in [5.41, 5.74) is 2.57. The second kappa shape index (κ2) is 8.64. The van der Waals surface area contributed by atoms with Crippen molar-refractivity contribution in [1.82, 2.24) is 14.8 Å². The fourth-order valence-corrected chi connectivity index (χ4v) is 4.21. The van der Waals surface area contributed by atoms with Gasteiger partial charge in [0, 0.05) is 47.8 Å². The van der Waals surface area contributed by atoms with Gasteiger partial charge in [-0.25, -0.2) is 9.78 Å². The van der Waals surface area contributed by atoms with Gasteiger partial charge in [-0.05, 0) is 43.3 Å². The van der Waals surface area contributed by atoms with E-state index in [0.29, 0.717) is 51.4 Å². The van der Waals surface area contributed by atoms with Crippen molar-refractivity contribution in [1.29, 1.82) is 0 Å². The van der Waals surface area contributed by atoms with E-state index in [4.69, 9.17) is 11.6 Å². The summed E-state index contributed by atoms with van der Waals surface area (Å²) in [6, 6.07) is 11.3. The van der Waals surface area contributed by atoms with Gasteiger partial charge in [-0.15, -0.1) is 0 Å². The summed E-state index contributed by atoms with van der Waals surface area (Å²) in [5.74, 6) is -0.201. The van der Waals surface area contributed by atoms with Gasteiger partial charge in [0.25, 0.3) is 5.91 Å². The molecule has 1 aliphatic heterocycles. The molecule has 0 spiro atoms. The third kappa shape index (κ3) is 4.06. The van der Waals surface area contributed by atoms with Crippen LogP contribution < -0.4 is 0 Å². The molecule has 1 aliphatic rings. The van der Waals surface area contributed by atoms with E-state index in [9.17, 15) is 24.9 Å². The van der Waals surface area contributed by atoms with E-state index in [1.165, 1.54) is 11.0 Å². The number of hydrogen-bond donors (Lipinski definition) is 3. The maximum absolute atomic E-state index is 13.1. The fourth-order valence-electron chi connectivity index (χ4n) is 3.95. The number of rotatable bonds is 3. The van der Waals surface area contributed by atoms with Crippen molar-refractivity contribution in [3.8, 4) is 17.0 Å². The smallest absolute Gasteiger partial charge is 0.407 e. The number of nitrogens with zero attached hydrogens (tertiary/aromatic N) is 3. The number of halogens is 1. The highest BCUT2D eigenvalue weighted by atomic mass is 35.5. The van der Waals surface area contributed by atoms with Gasteiger partial charge in [-0.2, -0.15) is 0 Å². The fraction of sp³-hybridized carbons (Fsp3) is 0.261. The summed E-state index contributed by atoms with van der Waals surface area (Å²) in [7, 11) is 0. The van der Waals surface area contributed by atoms with Crippen LogP contribution in [0.5, 0.6) is 5.75 Å². The lowest BCUT2D eigenvalue weighted by molar-refractivity contribution is 0.0507. The summed E-state index contributed by atoms with van der Waals surface area (Å²) in [6.45, 7) is 2.36. The number of aromatic hydroxyl groups is 1. The number of fused-ring (bicyclic) bond motifs is 1. The van der Waals surface area contributed by atoms with Crippen LogP contribution in [0.4, 0.5) is 4.79 Å². The third-order valence-corrected chi connectivity index (χ3v) is 6.03. The number of aliphatic hydroxyl groups excluding tert-OH is 1. The Bertz CT molecular complexity index is 1220. The van der Waals surface area contributed by atoms with Crippen LogP contribution in [0.3, 0.4) is 0 Å². The minimum absolute atomic E-state index is 0.00626. The zero-order chi connectivity index (χ0) is 23.0. The molecule has 0 bridgehead atoms. The van der Waals surface area contributed by atoms with Crippen molar-refractivity contribution in [3.63, 3.8) is 0 Å². The van der Waals surface area contributed by atoms with Crippen LogP contribution >= 0.6 is 11.6 Å². The van der Waals surface area contributed by atoms with Gasteiger partial charge < -0.3 is 25.1 Å². The van der Waals surface area contributed by atoms with E-state index in [-0.39, 0.29) is 30.9 Å². The second-order valence-corrected chi connectivity index (χ2v) is 8.21. The number of carbonyl (C=O) groups is 2. The highest BCUT2D eigenvalue weighted by Crippen LogP contribution is 2.31. The monoisotopic (exact) mass is 455 g/mol. The average Bonchev–Trinajstić information content (AvgIpc) is 2.78. The van der Waals surface area contributed by atoms with Crippen molar-refractivity contribution in [3.05, 3.63) is 58.6 Å². The molecule has 0 aliphatic carbocycles. The quantitative estimate of drug-likeness (QED) is 0.556.